The number of rotatable bonds is 5. The standard InChI is InChI=1S/C17H34N2/c1-4-15-9-6-7-11-17(15)18-14(3)16-10-8-12-19(5-2)13-16/h14-18H,4-13H2,1-3H3. The van der Waals surface area contributed by atoms with Crippen molar-refractivity contribution in [3.8, 4) is 0 Å². The third-order valence-electron chi connectivity index (χ3n) is 5.61. The van der Waals surface area contributed by atoms with E-state index in [0.29, 0.717) is 6.04 Å². The number of likely N-dealkylation sites (tertiary alicyclic amines) is 1. The molecule has 1 saturated heterocycles. The highest BCUT2D eigenvalue weighted by Crippen LogP contribution is 2.28. The molecule has 112 valence electrons. The predicted octanol–water partition coefficient (Wildman–Crippen LogP) is 3.67. The van der Waals surface area contributed by atoms with Gasteiger partial charge in [-0.2, -0.15) is 0 Å². The van der Waals surface area contributed by atoms with Gasteiger partial charge >= 0.3 is 0 Å². The zero-order valence-electron chi connectivity index (χ0n) is 13.3. The molecular formula is C17H34N2. The van der Waals surface area contributed by atoms with E-state index in [-0.39, 0.29) is 0 Å². The lowest BCUT2D eigenvalue weighted by molar-refractivity contribution is 0.138. The molecule has 1 aliphatic heterocycles. The second-order valence-corrected chi connectivity index (χ2v) is 6.81. The van der Waals surface area contributed by atoms with Crippen molar-refractivity contribution >= 4 is 0 Å². The highest BCUT2D eigenvalue weighted by atomic mass is 15.1. The minimum absolute atomic E-state index is 0.700. The summed E-state index contributed by atoms with van der Waals surface area (Å²) < 4.78 is 0. The van der Waals surface area contributed by atoms with Crippen LogP contribution in [0, 0.1) is 11.8 Å². The first kappa shape index (κ1) is 15.3. The van der Waals surface area contributed by atoms with Gasteiger partial charge in [0.2, 0.25) is 0 Å². The molecule has 2 rings (SSSR count). The third-order valence-corrected chi connectivity index (χ3v) is 5.61. The van der Waals surface area contributed by atoms with Crippen LogP contribution in [0.4, 0.5) is 0 Å². The Balaban J connectivity index is 1.83. The van der Waals surface area contributed by atoms with E-state index in [1.54, 1.807) is 0 Å². The van der Waals surface area contributed by atoms with Crippen molar-refractivity contribution in [2.75, 3.05) is 19.6 Å². The molecule has 2 nitrogen and oxygen atoms in total. The molecular weight excluding hydrogens is 232 g/mol. The van der Waals surface area contributed by atoms with Crippen molar-refractivity contribution < 1.29 is 0 Å². The summed E-state index contributed by atoms with van der Waals surface area (Å²) >= 11 is 0. The number of piperidine rings is 1. The summed E-state index contributed by atoms with van der Waals surface area (Å²) in [6, 6.07) is 1.50. The molecule has 1 saturated carbocycles. The fourth-order valence-corrected chi connectivity index (χ4v) is 4.18. The van der Waals surface area contributed by atoms with Gasteiger partial charge in [-0.15, -0.1) is 0 Å². The SMILES string of the molecule is CCC1CCCCC1NC(C)C1CCCN(CC)C1. The molecule has 1 N–H and O–H groups in total. The van der Waals surface area contributed by atoms with Crippen LogP contribution in [0.25, 0.3) is 0 Å². The zero-order chi connectivity index (χ0) is 13.7. The van der Waals surface area contributed by atoms with Crippen molar-refractivity contribution in [2.45, 2.75) is 77.8 Å². The van der Waals surface area contributed by atoms with Gasteiger partial charge in [-0.25, -0.2) is 0 Å². The van der Waals surface area contributed by atoms with Gasteiger partial charge in [-0.05, 0) is 57.5 Å². The van der Waals surface area contributed by atoms with E-state index in [1.807, 2.05) is 0 Å². The van der Waals surface area contributed by atoms with E-state index >= 15 is 0 Å². The Hall–Kier alpha value is -0.0800. The van der Waals surface area contributed by atoms with Crippen molar-refractivity contribution in [1.29, 1.82) is 0 Å². The van der Waals surface area contributed by atoms with Crippen LogP contribution >= 0.6 is 0 Å². The van der Waals surface area contributed by atoms with Crippen LogP contribution in [0.15, 0.2) is 0 Å². The maximum atomic E-state index is 4.01. The number of hydrogen-bond donors (Lipinski definition) is 1. The largest absolute Gasteiger partial charge is 0.311 e. The van der Waals surface area contributed by atoms with E-state index in [4.69, 9.17) is 0 Å². The maximum absolute atomic E-state index is 4.01. The second kappa shape index (κ2) is 7.64. The fraction of sp³-hybridized carbons (Fsp3) is 1.00. The summed E-state index contributed by atoms with van der Waals surface area (Å²) in [5.41, 5.74) is 0. The minimum Gasteiger partial charge on any atom is -0.311 e. The molecule has 1 heterocycles. The average Bonchev–Trinajstić information content (AvgIpc) is 2.47. The zero-order valence-corrected chi connectivity index (χ0v) is 13.3. The second-order valence-electron chi connectivity index (χ2n) is 6.81. The first-order valence-electron chi connectivity index (χ1n) is 8.73. The Labute approximate surface area is 120 Å². The third kappa shape index (κ3) is 4.19. The molecule has 19 heavy (non-hydrogen) atoms. The Kier molecular flexibility index (Phi) is 6.15. The van der Waals surface area contributed by atoms with Crippen LogP contribution in [-0.2, 0) is 0 Å². The fourth-order valence-electron chi connectivity index (χ4n) is 4.18. The van der Waals surface area contributed by atoms with Crippen LogP contribution in [0.3, 0.4) is 0 Å². The molecule has 2 aliphatic rings. The van der Waals surface area contributed by atoms with E-state index in [1.165, 1.54) is 64.6 Å². The lowest BCUT2D eigenvalue weighted by Crippen LogP contribution is -2.50. The van der Waals surface area contributed by atoms with Crippen LogP contribution in [0.5, 0.6) is 0 Å². The van der Waals surface area contributed by atoms with Gasteiger partial charge in [0, 0.05) is 18.6 Å². The molecule has 0 radical (unpaired) electrons. The molecule has 0 amide bonds. The number of hydrogen-bond acceptors (Lipinski definition) is 2. The molecule has 1 aliphatic carbocycles. The van der Waals surface area contributed by atoms with Crippen molar-refractivity contribution in [3.05, 3.63) is 0 Å². The van der Waals surface area contributed by atoms with Crippen molar-refractivity contribution in [2.24, 2.45) is 11.8 Å². The summed E-state index contributed by atoms with van der Waals surface area (Å²) in [5.74, 6) is 1.80. The molecule has 0 aromatic heterocycles. The quantitative estimate of drug-likeness (QED) is 0.817. The first-order chi connectivity index (χ1) is 9.24. The number of nitrogens with one attached hydrogen (secondary N) is 1. The minimum atomic E-state index is 0.700. The molecule has 0 aromatic rings. The van der Waals surface area contributed by atoms with Crippen molar-refractivity contribution in [3.63, 3.8) is 0 Å². The summed E-state index contributed by atoms with van der Waals surface area (Å²) in [7, 11) is 0. The lowest BCUT2D eigenvalue weighted by Gasteiger charge is -2.39. The summed E-state index contributed by atoms with van der Waals surface area (Å²) in [6.07, 6.45) is 9.93. The molecule has 0 spiro atoms. The van der Waals surface area contributed by atoms with Gasteiger partial charge in [0.05, 0.1) is 0 Å². The molecule has 4 atom stereocenters. The van der Waals surface area contributed by atoms with Crippen LogP contribution in [0.2, 0.25) is 0 Å². The molecule has 0 bridgehead atoms. The van der Waals surface area contributed by atoms with Gasteiger partial charge in [-0.3, -0.25) is 0 Å². The maximum Gasteiger partial charge on any atom is 0.00978 e. The predicted molar refractivity (Wildman–Crippen MR) is 83.5 cm³/mol. The monoisotopic (exact) mass is 266 g/mol. The summed E-state index contributed by atoms with van der Waals surface area (Å²) in [4.78, 5) is 2.63. The Morgan fingerprint density at radius 3 is 2.63 bits per heavy atom. The average molecular weight is 266 g/mol. The van der Waals surface area contributed by atoms with Gasteiger partial charge in [0.15, 0.2) is 0 Å². The van der Waals surface area contributed by atoms with Crippen LogP contribution in [-0.4, -0.2) is 36.6 Å². The van der Waals surface area contributed by atoms with Crippen molar-refractivity contribution in [1.82, 2.24) is 10.2 Å². The summed E-state index contributed by atoms with van der Waals surface area (Å²) in [5, 5.41) is 4.01. The number of nitrogens with zero attached hydrogens (tertiary/aromatic N) is 1. The lowest BCUT2D eigenvalue weighted by atomic mass is 9.81. The van der Waals surface area contributed by atoms with Gasteiger partial charge in [-0.1, -0.05) is 33.1 Å². The van der Waals surface area contributed by atoms with Gasteiger partial charge in [0.25, 0.3) is 0 Å². The smallest absolute Gasteiger partial charge is 0.00978 e. The van der Waals surface area contributed by atoms with Gasteiger partial charge < -0.3 is 10.2 Å². The Bertz CT molecular complexity index is 254. The molecule has 4 unspecified atom stereocenters. The van der Waals surface area contributed by atoms with E-state index in [2.05, 4.69) is 31.0 Å². The Morgan fingerprint density at radius 2 is 1.89 bits per heavy atom. The molecule has 0 aromatic carbocycles. The van der Waals surface area contributed by atoms with E-state index in [0.717, 1.165) is 17.9 Å². The van der Waals surface area contributed by atoms with Gasteiger partial charge in [0.1, 0.15) is 0 Å². The highest BCUT2D eigenvalue weighted by Gasteiger charge is 2.29. The highest BCUT2D eigenvalue weighted by molar-refractivity contribution is 4.86. The first-order valence-corrected chi connectivity index (χ1v) is 8.73. The topological polar surface area (TPSA) is 15.3 Å². The normalized spacial score (nSPS) is 35.2. The molecule has 2 fully saturated rings. The van der Waals surface area contributed by atoms with Crippen LogP contribution in [0.1, 0.15) is 65.7 Å². The Morgan fingerprint density at radius 1 is 1.11 bits per heavy atom. The van der Waals surface area contributed by atoms with E-state index in [9.17, 15) is 0 Å². The molecule has 2 heteroatoms. The summed E-state index contributed by atoms with van der Waals surface area (Å²) in [6.45, 7) is 11.0. The van der Waals surface area contributed by atoms with Crippen LogP contribution < -0.4 is 5.32 Å². The van der Waals surface area contributed by atoms with E-state index < -0.39 is 0 Å².